The molecule has 10 nitrogen and oxygen atoms in total. The van der Waals surface area contributed by atoms with Crippen LogP contribution < -0.4 is 10.1 Å². The lowest BCUT2D eigenvalue weighted by Crippen LogP contribution is -2.68. The Hall–Kier alpha value is -3.87. The van der Waals surface area contributed by atoms with Crippen molar-refractivity contribution in [1.29, 1.82) is 0 Å². The molecular formula is C24H24F3NO9. The molecule has 1 N–H and O–H groups in total. The van der Waals surface area contributed by atoms with E-state index in [0.29, 0.717) is 0 Å². The van der Waals surface area contributed by atoms with Gasteiger partial charge in [0, 0.05) is 20.8 Å². The predicted octanol–water partition coefficient (Wildman–Crippen LogP) is 2.42. The molecule has 2 aromatic carbocycles. The molecule has 0 unspecified atom stereocenters. The number of carbonyl (C=O) groups is 4. The van der Waals surface area contributed by atoms with E-state index in [2.05, 4.69) is 0 Å². The number of hydrogen-bond donors (Lipinski definition) is 1. The van der Waals surface area contributed by atoms with Gasteiger partial charge in [0.1, 0.15) is 24.5 Å². The second-order valence-corrected chi connectivity index (χ2v) is 8.12. The Bertz CT molecular complexity index is 1170. The Morgan fingerprint density at radius 1 is 0.892 bits per heavy atom. The number of amides is 1. The molecule has 1 amide bonds. The molecule has 1 heterocycles. The molecule has 5 atom stereocenters. The first kappa shape index (κ1) is 27.7. The maximum absolute atomic E-state index is 13.2. The molecule has 1 aliphatic rings. The number of esters is 3. The second kappa shape index (κ2) is 11.5. The van der Waals surface area contributed by atoms with Gasteiger partial charge in [0.15, 0.2) is 12.2 Å². The number of alkyl halides is 3. The number of benzene rings is 2. The highest BCUT2D eigenvalue weighted by molar-refractivity contribution is 5.84. The maximum atomic E-state index is 13.2. The molecule has 0 radical (unpaired) electrons. The third-order valence-corrected chi connectivity index (χ3v) is 5.23. The molecule has 1 aliphatic heterocycles. The number of carbonyl (C=O) groups excluding carboxylic acids is 4. The van der Waals surface area contributed by atoms with E-state index in [1.165, 1.54) is 6.07 Å². The van der Waals surface area contributed by atoms with Crippen molar-refractivity contribution in [3.8, 4) is 5.75 Å². The van der Waals surface area contributed by atoms with Gasteiger partial charge in [-0.25, -0.2) is 0 Å². The Morgan fingerprint density at radius 3 is 2.11 bits per heavy atom. The van der Waals surface area contributed by atoms with E-state index in [4.69, 9.17) is 23.7 Å². The van der Waals surface area contributed by atoms with Crippen LogP contribution in [0.2, 0.25) is 0 Å². The van der Waals surface area contributed by atoms with Crippen LogP contribution in [0.4, 0.5) is 13.2 Å². The number of fused-ring (bicyclic) bond motifs is 1. The van der Waals surface area contributed by atoms with E-state index in [1.54, 1.807) is 29.6 Å². The van der Waals surface area contributed by atoms with E-state index in [9.17, 15) is 32.3 Å². The molecule has 0 aliphatic carbocycles. The predicted molar refractivity (Wildman–Crippen MR) is 119 cm³/mol. The highest BCUT2D eigenvalue weighted by Gasteiger charge is 2.54. The summed E-state index contributed by atoms with van der Waals surface area (Å²) in [5.41, 5.74) is 0. The molecule has 0 saturated carbocycles. The SMILES string of the molecule is CC(=O)OC[C@H]1O[C@H](Oc2ccc3ccccc3c2)[C@H](NC(=O)C(F)(F)F)[C@@H](OC(C)=O)[C@@H]1OC(C)=O. The fourth-order valence-corrected chi connectivity index (χ4v) is 3.76. The molecule has 3 rings (SSSR count). The lowest BCUT2D eigenvalue weighted by Gasteiger charge is -2.44. The lowest BCUT2D eigenvalue weighted by atomic mass is 9.96. The van der Waals surface area contributed by atoms with Crippen molar-refractivity contribution in [2.75, 3.05) is 6.61 Å². The van der Waals surface area contributed by atoms with E-state index < -0.39 is 67.2 Å². The molecule has 13 heteroatoms. The Kier molecular flexibility index (Phi) is 8.58. The van der Waals surface area contributed by atoms with Crippen molar-refractivity contribution in [2.24, 2.45) is 0 Å². The molecule has 0 bridgehead atoms. The summed E-state index contributed by atoms with van der Waals surface area (Å²) in [6.45, 7) is 2.56. The highest BCUT2D eigenvalue weighted by atomic mass is 19.4. The van der Waals surface area contributed by atoms with E-state index >= 15 is 0 Å². The van der Waals surface area contributed by atoms with E-state index in [1.807, 2.05) is 12.1 Å². The van der Waals surface area contributed by atoms with Crippen molar-refractivity contribution >= 4 is 34.6 Å². The van der Waals surface area contributed by atoms with Gasteiger partial charge in [-0.3, -0.25) is 19.2 Å². The number of ether oxygens (including phenoxy) is 5. The van der Waals surface area contributed by atoms with Crippen LogP contribution in [0.1, 0.15) is 20.8 Å². The van der Waals surface area contributed by atoms with Crippen LogP contribution in [0.25, 0.3) is 10.8 Å². The molecular weight excluding hydrogens is 503 g/mol. The number of halogens is 3. The minimum atomic E-state index is -5.31. The average molecular weight is 527 g/mol. The third-order valence-electron chi connectivity index (χ3n) is 5.23. The summed E-state index contributed by atoms with van der Waals surface area (Å²) in [4.78, 5) is 47.0. The fraction of sp³-hybridized carbons (Fsp3) is 0.417. The van der Waals surface area contributed by atoms with Crippen LogP contribution in [-0.2, 0) is 38.1 Å². The summed E-state index contributed by atoms with van der Waals surface area (Å²) in [6.07, 6.45) is -11.6. The monoisotopic (exact) mass is 527 g/mol. The number of nitrogens with one attached hydrogen (secondary N) is 1. The van der Waals surface area contributed by atoms with Gasteiger partial charge in [-0.1, -0.05) is 30.3 Å². The van der Waals surface area contributed by atoms with Crippen LogP contribution in [-0.4, -0.2) is 67.2 Å². The summed E-state index contributed by atoms with van der Waals surface area (Å²) < 4.78 is 66.4. The van der Waals surface area contributed by atoms with Crippen molar-refractivity contribution in [1.82, 2.24) is 5.32 Å². The standard InChI is InChI=1S/C24H24F3NO9/c1-12(29)33-11-18-20(34-13(2)30)21(35-14(3)31)19(28-23(32)24(25,26)27)22(37-18)36-17-9-8-15-6-4-5-7-16(15)10-17/h4-10,18-22H,11H2,1-3H3,(H,28,32)/t18-,19-,20-,21-,22+/m1/s1. The van der Waals surface area contributed by atoms with Gasteiger partial charge in [-0.05, 0) is 22.9 Å². The lowest BCUT2D eigenvalue weighted by molar-refractivity contribution is -0.258. The summed E-state index contributed by atoms with van der Waals surface area (Å²) in [5, 5.41) is 3.30. The van der Waals surface area contributed by atoms with Crippen LogP contribution in [0.5, 0.6) is 5.75 Å². The van der Waals surface area contributed by atoms with Crippen molar-refractivity contribution in [3.63, 3.8) is 0 Å². The molecule has 1 fully saturated rings. The van der Waals surface area contributed by atoms with Crippen molar-refractivity contribution < 1.29 is 56.0 Å². The smallest absolute Gasteiger partial charge is 0.463 e. The summed E-state index contributed by atoms with van der Waals surface area (Å²) in [7, 11) is 0. The van der Waals surface area contributed by atoms with Gasteiger partial charge < -0.3 is 29.0 Å². The first-order chi connectivity index (χ1) is 17.3. The molecule has 37 heavy (non-hydrogen) atoms. The minimum Gasteiger partial charge on any atom is -0.463 e. The molecule has 0 spiro atoms. The van der Waals surface area contributed by atoms with Gasteiger partial charge in [-0.2, -0.15) is 13.2 Å². The molecule has 200 valence electrons. The van der Waals surface area contributed by atoms with Gasteiger partial charge in [-0.15, -0.1) is 0 Å². The average Bonchev–Trinajstić information content (AvgIpc) is 2.80. The quantitative estimate of drug-likeness (QED) is 0.427. The highest BCUT2D eigenvalue weighted by Crippen LogP contribution is 2.31. The van der Waals surface area contributed by atoms with Gasteiger partial charge >= 0.3 is 30.0 Å². The van der Waals surface area contributed by atoms with Crippen molar-refractivity contribution in [3.05, 3.63) is 42.5 Å². The van der Waals surface area contributed by atoms with Crippen molar-refractivity contribution in [2.45, 2.75) is 57.6 Å². The first-order valence-electron chi connectivity index (χ1n) is 11.0. The Labute approximate surface area is 208 Å². The Balaban J connectivity index is 2.04. The zero-order valence-corrected chi connectivity index (χ0v) is 19.9. The largest absolute Gasteiger partial charge is 0.471 e. The number of rotatable bonds is 7. The van der Waals surface area contributed by atoms with Crippen LogP contribution >= 0.6 is 0 Å². The normalized spacial score (nSPS) is 23.6. The summed E-state index contributed by atoms with van der Waals surface area (Å²) in [6, 6.07) is 10.2. The zero-order chi connectivity index (χ0) is 27.3. The molecule has 2 aromatic rings. The second-order valence-electron chi connectivity index (χ2n) is 8.12. The van der Waals surface area contributed by atoms with Gasteiger partial charge in [0.25, 0.3) is 0 Å². The maximum Gasteiger partial charge on any atom is 0.471 e. The third kappa shape index (κ3) is 7.32. The van der Waals surface area contributed by atoms with Crippen LogP contribution in [0.15, 0.2) is 42.5 Å². The van der Waals surface area contributed by atoms with Crippen LogP contribution in [0.3, 0.4) is 0 Å². The van der Waals surface area contributed by atoms with Crippen LogP contribution in [0, 0.1) is 0 Å². The van der Waals surface area contributed by atoms with Gasteiger partial charge in [0.2, 0.25) is 6.29 Å². The van der Waals surface area contributed by atoms with Gasteiger partial charge in [0.05, 0.1) is 0 Å². The summed E-state index contributed by atoms with van der Waals surface area (Å²) in [5.74, 6) is -4.80. The zero-order valence-electron chi connectivity index (χ0n) is 19.9. The first-order valence-corrected chi connectivity index (χ1v) is 11.0. The summed E-state index contributed by atoms with van der Waals surface area (Å²) >= 11 is 0. The Morgan fingerprint density at radius 2 is 1.51 bits per heavy atom. The number of hydrogen-bond acceptors (Lipinski definition) is 9. The van der Waals surface area contributed by atoms with E-state index in [0.717, 1.165) is 31.5 Å². The van der Waals surface area contributed by atoms with E-state index in [-0.39, 0.29) is 5.75 Å². The minimum absolute atomic E-state index is 0.147. The topological polar surface area (TPSA) is 126 Å². The molecule has 1 saturated heterocycles. The molecule has 0 aromatic heterocycles. The fourth-order valence-electron chi connectivity index (χ4n) is 3.76.